The fourth-order valence-corrected chi connectivity index (χ4v) is 1.87. The Balaban J connectivity index is 2.71. The third-order valence-corrected chi connectivity index (χ3v) is 3.27. The molecule has 0 fully saturated rings. The van der Waals surface area contributed by atoms with Crippen molar-refractivity contribution in [2.75, 3.05) is 13.4 Å². The number of carbonyl (C=O) groups is 2. The quantitative estimate of drug-likeness (QED) is 0.459. The van der Waals surface area contributed by atoms with Gasteiger partial charge in [0, 0.05) is 16.4 Å². The van der Waals surface area contributed by atoms with Gasteiger partial charge in [0.1, 0.15) is 0 Å². The molecule has 0 aliphatic heterocycles. The van der Waals surface area contributed by atoms with Gasteiger partial charge in [-0.3, -0.25) is 9.59 Å². The highest BCUT2D eigenvalue weighted by molar-refractivity contribution is 7.98. The molecule has 0 amide bonds. The molecular formula is C13H16O3S. The SMILES string of the molecule is COC(=O)CC(C)C(=O)c1ccc(SC)cc1. The lowest BCUT2D eigenvalue weighted by Gasteiger charge is -2.09. The van der Waals surface area contributed by atoms with Gasteiger partial charge in [0.05, 0.1) is 13.5 Å². The molecule has 1 unspecified atom stereocenters. The minimum absolute atomic E-state index is 0.0250. The lowest BCUT2D eigenvalue weighted by Crippen LogP contribution is -2.16. The number of hydrogen-bond donors (Lipinski definition) is 0. The van der Waals surface area contributed by atoms with Crippen molar-refractivity contribution in [3.8, 4) is 0 Å². The number of methoxy groups -OCH3 is 1. The Bertz CT molecular complexity index is 398. The molecule has 1 aromatic carbocycles. The van der Waals surface area contributed by atoms with Crippen LogP contribution < -0.4 is 0 Å². The fraction of sp³-hybridized carbons (Fsp3) is 0.385. The molecule has 17 heavy (non-hydrogen) atoms. The lowest BCUT2D eigenvalue weighted by molar-refractivity contribution is -0.141. The van der Waals surface area contributed by atoms with Gasteiger partial charge in [0.15, 0.2) is 5.78 Å². The summed E-state index contributed by atoms with van der Waals surface area (Å²) < 4.78 is 4.55. The maximum absolute atomic E-state index is 12.0. The second-order valence-electron chi connectivity index (χ2n) is 3.77. The first-order valence-corrected chi connectivity index (χ1v) is 6.56. The van der Waals surface area contributed by atoms with Gasteiger partial charge in [-0.25, -0.2) is 0 Å². The molecule has 1 rings (SSSR count). The van der Waals surface area contributed by atoms with E-state index < -0.39 is 0 Å². The topological polar surface area (TPSA) is 43.4 Å². The summed E-state index contributed by atoms with van der Waals surface area (Å²) in [6.07, 6.45) is 2.11. The predicted molar refractivity (Wildman–Crippen MR) is 68.4 cm³/mol. The van der Waals surface area contributed by atoms with Crippen LogP contribution in [0.1, 0.15) is 23.7 Å². The third kappa shape index (κ3) is 3.89. The van der Waals surface area contributed by atoms with Crippen LogP contribution in [0.3, 0.4) is 0 Å². The number of esters is 1. The molecule has 0 N–H and O–H groups in total. The van der Waals surface area contributed by atoms with Crippen LogP contribution in [0.4, 0.5) is 0 Å². The van der Waals surface area contributed by atoms with Crippen LogP contribution in [-0.2, 0) is 9.53 Å². The summed E-state index contributed by atoms with van der Waals surface area (Å²) in [5.74, 6) is -0.725. The van der Waals surface area contributed by atoms with Gasteiger partial charge in [0.25, 0.3) is 0 Å². The number of benzene rings is 1. The third-order valence-electron chi connectivity index (χ3n) is 2.52. The Morgan fingerprint density at radius 3 is 2.35 bits per heavy atom. The molecular weight excluding hydrogens is 236 g/mol. The van der Waals surface area contributed by atoms with E-state index >= 15 is 0 Å². The van der Waals surface area contributed by atoms with Gasteiger partial charge in [-0.15, -0.1) is 11.8 Å². The normalized spacial score (nSPS) is 11.9. The number of ketones is 1. The Morgan fingerprint density at radius 2 is 1.88 bits per heavy atom. The summed E-state index contributed by atoms with van der Waals surface area (Å²) in [6, 6.07) is 7.40. The summed E-state index contributed by atoms with van der Waals surface area (Å²) >= 11 is 1.63. The van der Waals surface area contributed by atoms with E-state index in [0.29, 0.717) is 5.56 Å². The summed E-state index contributed by atoms with van der Waals surface area (Å²) in [5, 5.41) is 0. The summed E-state index contributed by atoms with van der Waals surface area (Å²) in [7, 11) is 1.33. The van der Waals surface area contributed by atoms with Crippen LogP contribution >= 0.6 is 11.8 Å². The van der Waals surface area contributed by atoms with Gasteiger partial charge < -0.3 is 4.74 Å². The minimum atomic E-state index is -0.355. The van der Waals surface area contributed by atoms with E-state index in [-0.39, 0.29) is 24.1 Å². The first-order chi connectivity index (χ1) is 8.08. The molecule has 0 saturated carbocycles. The second kappa shape index (κ2) is 6.45. The Hall–Kier alpha value is -1.29. The average Bonchev–Trinajstić information content (AvgIpc) is 2.37. The Morgan fingerprint density at radius 1 is 1.29 bits per heavy atom. The molecule has 0 aliphatic carbocycles. The Kier molecular flexibility index (Phi) is 5.22. The first-order valence-electron chi connectivity index (χ1n) is 5.33. The molecule has 4 heteroatoms. The number of hydrogen-bond acceptors (Lipinski definition) is 4. The van der Waals surface area contributed by atoms with Gasteiger partial charge in [-0.1, -0.05) is 19.1 Å². The maximum Gasteiger partial charge on any atom is 0.306 e. The number of carbonyl (C=O) groups excluding carboxylic acids is 2. The van der Waals surface area contributed by atoms with Crippen molar-refractivity contribution in [2.45, 2.75) is 18.2 Å². The summed E-state index contributed by atoms with van der Waals surface area (Å²) in [6.45, 7) is 1.74. The lowest BCUT2D eigenvalue weighted by atomic mass is 9.96. The largest absolute Gasteiger partial charge is 0.469 e. The Labute approximate surface area is 106 Å². The van der Waals surface area contributed by atoms with Crippen LogP contribution in [0.2, 0.25) is 0 Å². The molecule has 0 radical (unpaired) electrons. The molecule has 1 atom stereocenters. The van der Waals surface area contributed by atoms with Crippen molar-refractivity contribution in [1.29, 1.82) is 0 Å². The molecule has 0 heterocycles. The smallest absolute Gasteiger partial charge is 0.306 e. The highest BCUT2D eigenvalue weighted by atomic mass is 32.2. The van der Waals surface area contributed by atoms with E-state index in [2.05, 4.69) is 4.74 Å². The predicted octanol–water partition coefficient (Wildman–Crippen LogP) is 2.79. The maximum atomic E-state index is 12.0. The van der Waals surface area contributed by atoms with E-state index in [4.69, 9.17) is 0 Å². The molecule has 0 saturated heterocycles. The van der Waals surface area contributed by atoms with Crippen LogP contribution in [0, 0.1) is 5.92 Å². The second-order valence-corrected chi connectivity index (χ2v) is 4.65. The number of Topliss-reactive ketones (excluding diaryl/α,β-unsaturated/α-hetero) is 1. The van der Waals surface area contributed by atoms with Crippen LogP contribution in [0.15, 0.2) is 29.2 Å². The van der Waals surface area contributed by atoms with Crippen LogP contribution in [-0.4, -0.2) is 25.1 Å². The highest BCUT2D eigenvalue weighted by Gasteiger charge is 2.18. The van der Waals surface area contributed by atoms with Gasteiger partial charge >= 0.3 is 5.97 Å². The number of ether oxygens (including phenoxy) is 1. The molecule has 0 aliphatic rings. The van der Waals surface area contributed by atoms with Gasteiger partial charge in [0.2, 0.25) is 0 Å². The minimum Gasteiger partial charge on any atom is -0.469 e. The van der Waals surface area contributed by atoms with E-state index in [9.17, 15) is 9.59 Å². The fourth-order valence-electron chi connectivity index (χ4n) is 1.47. The number of rotatable bonds is 5. The molecule has 1 aromatic rings. The molecule has 3 nitrogen and oxygen atoms in total. The van der Waals surface area contributed by atoms with Crippen molar-refractivity contribution in [1.82, 2.24) is 0 Å². The van der Waals surface area contributed by atoms with Crippen molar-refractivity contribution in [3.05, 3.63) is 29.8 Å². The molecule has 92 valence electrons. The molecule has 0 bridgehead atoms. The molecule has 0 spiro atoms. The average molecular weight is 252 g/mol. The summed E-state index contributed by atoms with van der Waals surface area (Å²) in [5.41, 5.74) is 0.638. The zero-order valence-corrected chi connectivity index (χ0v) is 11.0. The zero-order valence-electron chi connectivity index (χ0n) is 10.2. The van der Waals surface area contributed by atoms with E-state index in [1.54, 1.807) is 30.8 Å². The van der Waals surface area contributed by atoms with Crippen LogP contribution in [0.25, 0.3) is 0 Å². The summed E-state index contributed by atoms with van der Waals surface area (Å²) in [4.78, 5) is 24.2. The van der Waals surface area contributed by atoms with Crippen molar-refractivity contribution < 1.29 is 14.3 Å². The van der Waals surface area contributed by atoms with Crippen LogP contribution in [0.5, 0.6) is 0 Å². The van der Waals surface area contributed by atoms with E-state index in [0.717, 1.165) is 4.90 Å². The van der Waals surface area contributed by atoms with Crippen molar-refractivity contribution in [3.63, 3.8) is 0 Å². The standard InChI is InChI=1S/C13H16O3S/c1-9(8-12(14)16-2)13(15)10-4-6-11(17-3)7-5-10/h4-7,9H,8H2,1-3H3. The van der Waals surface area contributed by atoms with Gasteiger partial charge in [-0.05, 0) is 18.4 Å². The van der Waals surface area contributed by atoms with Gasteiger partial charge in [-0.2, -0.15) is 0 Å². The molecule has 0 aromatic heterocycles. The highest BCUT2D eigenvalue weighted by Crippen LogP contribution is 2.18. The van der Waals surface area contributed by atoms with Crippen molar-refractivity contribution in [2.24, 2.45) is 5.92 Å². The first kappa shape index (κ1) is 13.8. The van der Waals surface area contributed by atoms with E-state index in [1.807, 2.05) is 18.4 Å². The van der Waals surface area contributed by atoms with E-state index in [1.165, 1.54) is 7.11 Å². The monoisotopic (exact) mass is 252 g/mol. The van der Waals surface area contributed by atoms with Crippen molar-refractivity contribution >= 4 is 23.5 Å². The zero-order chi connectivity index (χ0) is 12.8. The number of thioether (sulfide) groups is 1.